The molecule has 0 aromatic rings. The average molecular weight is 304 g/mol. The molecule has 0 N–H and O–H groups in total. The Bertz CT molecular complexity index is 91.4. The van der Waals surface area contributed by atoms with E-state index in [1.54, 1.807) is 0 Å². The summed E-state index contributed by atoms with van der Waals surface area (Å²) in [6.07, 6.45) is 5.95. The molecule has 1 aliphatic carbocycles. The van der Waals surface area contributed by atoms with Gasteiger partial charge in [0, 0.05) is 0 Å². The van der Waals surface area contributed by atoms with Crippen LogP contribution in [0.25, 0.3) is 0 Å². The van der Waals surface area contributed by atoms with Crippen LogP contribution in [0.15, 0.2) is 0 Å². The summed E-state index contributed by atoms with van der Waals surface area (Å²) in [5.74, 6) is 0. The first kappa shape index (κ1) is 11.4. The Kier molecular flexibility index (Phi) is 4.99. The van der Waals surface area contributed by atoms with E-state index in [1.807, 2.05) is 0 Å². The van der Waals surface area contributed by atoms with Gasteiger partial charge in [-0.2, -0.15) is 0 Å². The predicted molar refractivity (Wildman–Crippen MR) is 36.0 cm³/mol. The first-order valence-corrected chi connectivity index (χ1v) is 5.64. The second-order valence-electron chi connectivity index (χ2n) is 4.11. The van der Waals surface area contributed by atoms with Gasteiger partial charge in [0.1, 0.15) is 0 Å². The van der Waals surface area contributed by atoms with Crippen molar-refractivity contribution < 1.29 is 42.3 Å². The summed E-state index contributed by atoms with van der Waals surface area (Å²) in [5.41, 5.74) is 0.679. The monoisotopic (exact) mass is 302 g/mol. The van der Waals surface area contributed by atoms with Crippen LogP contribution >= 0.6 is 0 Å². The minimum atomic E-state index is 0. The molecule has 0 aromatic heterocycles. The Labute approximate surface area is 91.2 Å². The largest absolute Gasteiger partial charge is 1.00 e. The van der Waals surface area contributed by atoms with E-state index in [4.69, 9.17) is 0 Å². The molecule has 0 nitrogen and oxygen atoms in total. The first-order valence-electron chi connectivity index (χ1n) is 3.93. The molecule has 1 aliphatic rings. The molecule has 1 saturated carbocycles. The van der Waals surface area contributed by atoms with Crippen molar-refractivity contribution in [3.05, 3.63) is 0 Å². The molecule has 0 radical (unpaired) electrons. The maximum Gasteiger partial charge on any atom is -1.00 e. The van der Waals surface area contributed by atoms with Gasteiger partial charge in [-0.05, 0) is 0 Å². The van der Waals surface area contributed by atoms with E-state index in [0.717, 1.165) is 4.51 Å². The molecule has 0 atom stereocenters. The van der Waals surface area contributed by atoms with E-state index >= 15 is 0 Å². The zero-order valence-electron chi connectivity index (χ0n) is 6.99. The van der Waals surface area contributed by atoms with Crippen molar-refractivity contribution in [2.75, 3.05) is 0 Å². The van der Waals surface area contributed by atoms with E-state index in [1.165, 1.54) is 44.0 Å². The second-order valence-corrected chi connectivity index (χ2v) is 6.53. The zero-order valence-corrected chi connectivity index (χ0v) is 12.1. The van der Waals surface area contributed by atoms with Crippen LogP contribution in [0.2, 0.25) is 4.51 Å². The smallest absolute Gasteiger partial charge is 1.00 e. The summed E-state index contributed by atoms with van der Waals surface area (Å²) in [6.45, 7) is 4.80. The molecule has 0 spiro atoms. The Morgan fingerprint density at radius 2 is 1.60 bits per heavy atom. The number of hydrogen-bond acceptors (Lipinski definition) is 0. The summed E-state index contributed by atoms with van der Waals surface area (Å²) in [7, 11) is 0. The van der Waals surface area contributed by atoms with Crippen LogP contribution in [-0.2, 0) is 18.3 Å². The Morgan fingerprint density at radius 3 is 1.90 bits per heavy atom. The van der Waals surface area contributed by atoms with Crippen LogP contribution in [-0.4, -0.2) is 0 Å². The molecule has 0 aromatic carbocycles. The topological polar surface area (TPSA) is 0 Å². The molecule has 2 heteroatoms. The predicted octanol–water partition coefficient (Wildman–Crippen LogP) is -0.0741. The fourth-order valence-corrected chi connectivity index (χ4v) is 2.32. The molecule has 0 amide bonds. The second kappa shape index (κ2) is 4.40. The Morgan fingerprint density at radius 1 is 1.20 bits per heavy atom. The van der Waals surface area contributed by atoms with E-state index in [-0.39, 0.29) is 24.0 Å². The van der Waals surface area contributed by atoms with Crippen LogP contribution < -0.4 is 24.0 Å². The van der Waals surface area contributed by atoms with Gasteiger partial charge in [0.15, 0.2) is 0 Å². The Balaban J connectivity index is 0.000000810. The minimum Gasteiger partial charge on any atom is -1.00 e. The van der Waals surface area contributed by atoms with Crippen LogP contribution in [0.3, 0.4) is 0 Å². The van der Waals surface area contributed by atoms with Gasteiger partial charge in [-0.15, -0.1) is 0 Å². The third-order valence-corrected chi connectivity index (χ3v) is 4.17. The first-order chi connectivity index (χ1) is 4.10. The van der Waals surface area contributed by atoms with E-state index < -0.39 is 0 Å². The minimum absolute atomic E-state index is 0. The summed E-state index contributed by atoms with van der Waals surface area (Å²) in [5, 5.41) is 0. The van der Waals surface area contributed by atoms with Gasteiger partial charge in [-0.3, -0.25) is 0 Å². The summed E-state index contributed by atoms with van der Waals surface area (Å²) < 4.78 is 1.12. The van der Waals surface area contributed by atoms with Gasteiger partial charge >= 0.3 is 67.8 Å². The SMILES string of the molecule is CC1(C)CC[CH]([Zn+])CC1.[I-]. The molecule has 0 heterocycles. The van der Waals surface area contributed by atoms with Crippen molar-refractivity contribution in [2.45, 2.75) is 44.0 Å². The Hall–Kier alpha value is 1.35. The third-order valence-electron chi connectivity index (χ3n) is 2.46. The van der Waals surface area contributed by atoms with Gasteiger partial charge in [-0.1, -0.05) is 0 Å². The van der Waals surface area contributed by atoms with Crippen molar-refractivity contribution in [3.8, 4) is 0 Å². The molecule has 0 saturated heterocycles. The van der Waals surface area contributed by atoms with E-state index in [2.05, 4.69) is 13.8 Å². The van der Waals surface area contributed by atoms with Crippen molar-refractivity contribution in [1.29, 1.82) is 0 Å². The standard InChI is InChI=1S/C8H15.HI.Zn/c1-8(2)6-4-3-5-7-8;;/h3H,4-7H2,1-2H3;1H;/q;;+1/p-1. The fourth-order valence-electron chi connectivity index (χ4n) is 1.46. The molecular weight excluding hydrogens is 288 g/mol. The summed E-state index contributed by atoms with van der Waals surface area (Å²) in [6, 6.07) is 0. The van der Waals surface area contributed by atoms with Gasteiger partial charge in [0.25, 0.3) is 0 Å². The number of halogens is 1. The fraction of sp³-hybridized carbons (Fsp3) is 1.00. The van der Waals surface area contributed by atoms with Crippen LogP contribution in [0.5, 0.6) is 0 Å². The van der Waals surface area contributed by atoms with Crippen molar-refractivity contribution in [1.82, 2.24) is 0 Å². The van der Waals surface area contributed by atoms with Crippen molar-refractivity contribution >= 4 is 0 Å². The van der Waals surface area contributed by atoms with Gasteiger partial charge in [-0.25, -0.2) is 0 Å². The van der Waals surface area contributed by atoms with Crippen LogP contribution in [0.1, 0.15) is 39.5 Å². The maximum absolute atomic E-state index is 2.40. The van der Waals surface area contributed by atoms with Gasteiger partial charge < -0.3 is 24.0 Å². The molecular formula is C8H15IZn. The van der Waals surface area contributed by atoms with Gasteiger partial charge in [0.05, 0.1) is 0 Å². The van der Waals surface area contributed by atoms with Crippen molar-refractivity contribution in [2.24, 2.45) is 5.41 Å². The molecule has 1 rings (SSSR count). The van der Waals surface area contributed by atoms with E-state index in [0.29, 0.717) is 5.41 Å². The molecule has 0 aliphatic heterocycles. The quantitative estimate of drug-likeness (QED) is 0.434. The number of rotatable bonds is 0. The van der Waals surface area contributed by atoms with Gasteiger partial charge in [0.2, 0.25) is 0 Å². The average Bonchev–Trinajstić information content (AvgIpc) is 1.78. The molecule has 56 valence electrons. The third kappa shape index (κ3) is 3.66. The zero-order chi connectivity index (χ0) is 6.91. The number of hydrogen-bond donors (Lipinski definition) is 0. The van der Waals surface area contributed by atoms with Crippen molar-refractivity contribution in [3.63, 3.8) is 0 Å². The van der Waals surface area contributed by atoms with Crippen LogP contribution in [0.4, 0.5) is 0 Å². The molecule has 0 bridgehead atoms. The molecule has 0 unspecified atom stereocenters. The van der Waals surface area contributed by atoms with Crippen LogP contribution in [0, 0.1) is 5.41 Å². The normalized spacial score (nSPS) is 25.6. The summed E-state index contributed by atoms with van der Waals surface area (Å²) in [4.78, 5) is 0. The maximum atomic E-state index is 2.40. The molecule has 10 heavy (non-hydrogen) atoms. The summed E-state index contributed by atoms with van der Waals surface area (Å²) >= 11 is 1.52. The molecule has 1 fully saturated rings. The van der Waals surface area contributed by atoms with E-state index in [9.17, 15) is 0 Å².